The van der Waals surface area contributed by atoms with Gasteiger partial charge in [0, 0.05) is 23.4 Å². The third-order valence-corrected chi connectivity index (χ3v) is 3.08. The van der Waals surface area contributed by atoms with Crippen molar-refractivity contribution in [3.05, 3.63) is 53.6 Å². The lowest BCUT2D eigenvalue weighted by Crippen LogP contribution is -2.15. The zero-order valence-corrected chi connectivity index (χ0v) is 12.5. The highest BCUT2D eigenvalue weighted by Gasteiger charge is 2.03. The van der Waals surface area contributed by atoms with Crippen molar-refractivity contribution in [3.8, 4) is 5.75 Å². The van der Waals surface area contributed by atoms with Gasteiger partial charge in [-0.15, -0.1) is 0 Å². The summed E-state index contributed by atoms with van der Waals surface area (Å²) in [6.07, 6.45) is 0.278. The van der Waals surface area contributed by atoms with Crippen LogP contribution in [0, 0.1) is 0 Å². The molecule has 2 aromatic rings. The van der Waals surface area contributed by atoms with E-state index in [1.54, 1.807) is 24.3 Å². The van der Waals surface area contributed by atoms with Gasteiger partial charge in [-0.3, -0.25) is 4.79 Å². The second-order valence-electron chi connectivity index (χ2n) is 4.43. The summed E-state index contributed by atoms with van der Waals surface area (Å²) in [6, 6.07) is 14.6. The summed E-state index contributed by atoms with van der Waals surface area (Å²) in [7, 11) is 1.86. The maximum Gasteiger partial charge on any atom is 0.227 e. The van der Waals surface area contributed by atoms with E-state index in [-0.39, 0.29) is 12.3 Å². The van der Waals surface area contributed by atoms with Crippen molar-refractivity contribution in [2.24, 2.45) is 0 Å². The standard InChI is InChI=1S/C16H17ClN2O2/c1-18-13-5-7-15(8-6-13)21-10-9-16(20)19-14-4-2-3-12(17)11-14/h2-8,11,18H,9-10H2,1H3,(H,19,20). The highest BCUT2D eigenvalue weighted by atomic mass is 35.5. The Hall–Kier alpha value is -2.20. The molecule has 1 amide bonds. The van der Waals surface area contributed by atoms with Crippen molar-refractivity contribution >= 4 is 28.9 Å². The van der Waals surface area contributed by atoms with Gasteiger partial charge in [0.05, 0.1) is 13.0 Å². The molecular weight excluding hydrogens is 288 g/mol. The number of hydrogen-bond donors (Lipinski definition) is 2. The first-order valence-electron chi connectivity index (χ1n) is 6.63. The van der Waals surface area contributed by atoms with Crippen molar-refractivity contribution < 1.29 is 9.53 Å². The van der Waals surface area contributed by atoms with Crippen LogP contribution in [0.25, 0.3) is 0 Å². The Morgan fingerprint density at radius 1 is 1.14 bits per heavy atom. The largest absolute Gasteiger partial charge is 0.493 e. The Labute approximate surface area is 129 Å². The number of anilines is 2. The second-order valence-corrected chi connectivity index (χ2v) is 4.87. The van der Waals surface area contributed by atoms with Crippen molar-refractivity contribution in [1.29, 1.82) is 0 Å². The normalized spacial score (nSPS) is 10.0. The molecule has 0 fully saturated rings. The van der Waals surface area contributed by atoms with Gasteiger partial charge in [-0.1, -0.05) is 17.7 Å². The van der Waals surface area contributed by atoms with Gasteiger partial charge in [0.15, 0.2) is 0 Å². The molecule has 0 aliphatic heterocycles. The third kappa shape index (κ3) is 5.00. The molecule has 0 aliphatic carbocycles. The minimum Gasteiger partial charge on any atom is -0.493 e. The minimum atomic E-state index is -0.107. The number of benzene rings is 2. The van der Waals surface area contributed by atoms with Crippen molar-refractivity contribution in [2.75, 3.05) is 24.3 Å². The van der Waals surface area contributed by atoms with E-state index in [0.717, 1.165) is 11.4 Å². The summed E-state index contributed by atoms with van der Waals surface area (Å²) >= 11 is 5.86. The summed E-state index contributed by atoms with van der Waals surface area (Å²) in [4.78, 5) is 11.8. The SMILES string of the molecule is CNc1ccc(OCCC(=O)Nc2cccc(Cl)c2)cc1. The number of ether oxygens (including phenoxy) is 1. The van der Waals surface area contributed by atoms with E-state index in [9.17, 15) is 4.79 Å². The molecule has 0 saturated heterocycles. The molecule has 110 valence electrons. The van der Waals surface area contributed by atoms with Gasteiger partial charge in [-0.25, -0.2) is 0 Å². The lowest BCUT2D eigenvalue weighted by atomic mass is 10.3. The van der Waals surface area contributed by atoms with Crippen LogP contribution in [-0.4, -0.2) is 19.6 Å². The molecule has 0 spiro atoms. The fraction of sp³-hybridized carbons (Fsp3) is 0.188. The molecule has 2 N–H and O–H groups in total. The molecule has 21 heavy (non-hydrogen) atoms. The summed E-state index contributed by atoms with van der Waals surface area (Å²) in [5.41, 5.74) is 1.70. The lowest BCUT2D eigenvalue weighted by Gasteiger charge is -2.08. The fourth-order valence-electron chi connectivity index (χ4n) is 1.77. The number of rotatable bonds is 6. The summed E-state index contributed by atoms with van der Waals surface area (Å²) in [6.45, 7) is 0.325. The van der Waals surface area contributed by atoms with Crippen LogP contribution in [0.5, 0.6) is 5.75 Å². The third-order valence-electron chi connectivity index (χ3n) is 2.85. The van der Waals surface area contributed by atoms with E-state index in [1.165, 1.54) is 0 Å². The first-order chi connectivity index (χ1) is 10.2. The maximum atomic E-state index is 11.8. The molecule has 0 saturated carbocycles. The Balaban J connectivity index is 1.76. The molecule has 0 bridgehead atoms. The highest BCUT2D eigenvalue weighted by molar-refractivity contribution is 6.30. The van der Waals surface area contributed by atoms with Gasteiger partial charge in [0.2, 0.25) is 5.91 Å². The Kier molecular flexibility index (Phi) is 5.46. The number of halogens is 1. The molecule has 4 nitrogen and oxygen atoms in total. The zero-order chi connectivity index (χ0) is 15.1. The first-order valence-corrected chi connectivity index (χ1v) is 7.01. The van der Waals surface area contributed by atoms with Crippen LogP contribution in [0.2, 0.25) is 5.02 Å². The van der Waals surface area contributed by atoms with E-state index in [0.29, 0.717) is 17.3 Å². The topological polar surface area (TPSA) is 50.4 Å². The lowest BCUT2D eigenvalue weighted by molar-refractivity contribution is -0.116. The number of amides is 1. The van der Waals surface area contributed by atoms with Crippen LogP contribution >= 0.6 is 11.6 Å². The molecular formula is C16H17ClN2O2. The fourth-order valence-corrected chi connectivity index (χ4v) is 1.96. The minimum absolute atomic E-state index is 0.107. The summed E-state index contributed by atoms with van der Waals surface area (Å²) in [5.74, 6) is 0.633. The molecule has 0 heterocycles. The molecule has 0 aromatic heterocycles. The van der Waals surface area contributed by atoms with Gasteiger partial charge >= 0.3 is 0 Å². The van der Waals surface area contributed by atoms with Crippen LogP contribution in [0.3, 0.4) is 0 Å². The predicted molar refractivity (Wildman–Crippen MR) is 86.2 cm³/mol. The molecule has 0 aliphatic rings. The number of carbonyl (C=O) groups excluding carboxylic acids is 1. The van der Waals surface area contributed by atoms with Crippen LogP contribution in [0.15, 0.2) is 48.5 Å². The Bertz CT molecular complexity index is 599. The average molecular weight is 305 g/mol. The van der Waals surface area contributed by atoms with Crippen molar-refractivity contribution in [3.63, 3.8) is 0 Å². The molecule has 0 unspecified atom stereocenters. The molecule has 0 atom stereocenters. The number of carbonyl (C=O) groups is 1. The quantitative estimate of drug-likeness (QED) is 0.853. The van der Waals surface area contributed by atoms with E-state index >= 15 is 0 Å². The van der Waals surface area contributed by atoms with Gasteiger partial charge in [-0.2, -0.15) is 0 Å². The predicted octanol–water partition coefficient (Wildman–Crippen LogP) is 3.79. The first kappa shape index (κ1) is 15.2. The van der Waals surface area contributed by atoms with Gasteiger partial charge < -0.3 is 15.4 Å². The molecule has 0 radical (unpaired) electrons. The number of hydrogen-bond acceptors (Lipinski definition) is 3. The smallest absolute Gasteiger partial charge is 0.227 e. The van der Waals surface area contributed by atoms with Gasteiger partial charge in [-0.05, 0) is 42.5 Å². The van der Waals surface area contributed by atoms with E-state index in [1.807, 2.05) is 31.3 Å². The van der Waals surface area contributed by atoms with Crippen molar-refractivity contribution in [1.82, 2.24) is 0 Å². The zero-order valence-electron chi connectivity index (χ0n) is 11.7. The van der Waals surface area contributed by atoms with E-state index < -0.39 is 0 Å². The average Bonchev–Trinajstić information content (AvgIpc) is 2.48. The molecule has 5 heteroatoms. The van der Waals surface area contributed by atoms with Gasteiger partial charge in [0.25, 0.3) is 0 Å². The monoisotopic (exact) mass is 304 g/mol. The van der Waals surface area contributed by atoms with E-state index in [4.69, 9.17) is 16.3 Å². The summed E-state index contributed by atoms with van der Waals surface area (Å²) < 4.78 is 5.52. The van der Waals surface area contributed by atoms with Crippen LogP contribution in [-0.2, 0) is 4.79 Å². The van der Waals surface area contributed by atoms with Gasteiger partial charge in [0.1, 0.15) is 5.75 Å². The number of nitrogens with one attached hydrogen (secondary N) is 2. The molecule has 2 rings (SSSR count). The van der Waals surface area contributed by atoms with E-state index in [2.05, 4.69) is 10.6 Å². The van der Waals surface area contributed by atoms with Crippen molar-refractivity contribution in [2.45, 2.75) is 6.42 Å². The Morgan fingerprint density at radius 3 is 2.57 bits per heavy atom. The second kappa shape index (κ2) is 7.55. The maximum absolute atomic E-state index is 11.8. The summed E-state index contributed by atoms with van der Waals surface area (Å²) in [5, 5.41) is 6.40. The van der Waals surface area contributed by atoms with Crippen LogP contribution < -0.4 is 15.4 Å². The van der Waals surface area contributed by atoms with Crippen LogP contribution in [0.1, 0.15) is 6.42 Å². The highest BCUT2D eigenvalue weighted by Crippen LogP contribution is 2.16. The Morgan fingerprint density at radius 2 is 1.90 bits per heavy atom. The van der Waals surface area contributed by atoms with Crippen LogP contribution in [0.4, 0.5) is 11.4 Å². The molecule has 2 aromatic carbocycles.